The number of pyridine rings is 1. The van der Waals surface area contributed by atoms with Crippen molar-refractivity contribution in [2.45, 2.75) is 46.0 Å². The van der Waals surface area contributed by atoms with Crippen LogP contribution >= 0.6 is 11.3 Å². The molecule has 0 saturated carbocycles. The molecule has 1 aromatic carbocycles. The Labute approximate surface area is 222 Å². The first-order valence-electron chi connectivity index (χ1n) is 13.0. The molecule has 3 aromatic heterocycles. The monoisotopic (exact) mass is 514 g/mol. The van der Waals surface area contributed by atoms with Gasteiger partial charge >= 0.3 is 0 Å². The molecule has 192 valence electrons. The van der Waals surface area contributed by atoms with Gasteiger partial charge in [0, 0.05) is 30.3 Å². The molecule has 0 bridgehead atoms. The lowest BCUT2D eigenvalue weighted by atomic mass is 9.95. The van der Waals surface area contributed by atoms with E-state index in [-0.39, 0.29) is 5.78 Å². The first-order chi connectivity index (χ1) is 17.9. The number of benzene rings is 1. The zero-order valence-corrected chi connectivity index (χ0v) is 22.9. The number of Topliss-reactive ketones (excluding diaryl/α,β-unsaturated/α-hetero) is 1. The molecule has 0 spiro atoms. The van der Waals surface area contributed by atoms with Gasteiger partial charge in [-0.1, -0.05) is 18.2 Å². The highest BCUT2D eigenvalue weighted by molar-refractivity contribution is 7.15. The summed E-state index contributed by atoms with van der Waals surface area (Å²) in [6.45, 7) is 5.93. The van der Waals surface area contributed by atoms with Crippen LogP contribution in [0.4, 0.5) is 5.82 Å². The number of aryl methyl sites for hydroxylation is 2. The fraction of sp³-hybridized carbons (Fsp3) is 0.379. The average Bonchev–Trinajstić information content (AvgIpc) is 3.46. The Morgan fingerprint density at radius 2 is 2.00 bits per heavy atom. The molecular weight excluding hydrogens is 480 g/mol. The van der Waals surface area contributed by atoms with E-state index >= 15 is 0 Å². The van der Waals surface area contributed by atoms with Crippen molar-refractivity contribution in [2.24, 2.45) is 0 Å². The number of carbonyl (C=O) groups excluding carboxylic acids is 1. The minimum atomic E-state index is 0.258. The maximum absolute atomic E-state index is 12.7. The molecule has 1 aliphatic carbocycles. The van der Waals surface area contributed by atoms with Crippen LogP contribution in [0.3, 0.4) is 0 Å². The van der Waals surface area contributed by atoms with Gasteiger partial charge in [-0.05, 0) is 77.5 Å². The van der Waals surface area contributed by atoms with Crippen molar-refractivity contribution >= 4 is 22.9 Å². The molecule has 0 aliphatic heterocycles. The molecular formula is C29H34N6OS. The second-order valence-corrected chi connectivity index (χ2v) is 10.9. The molecule has 0 atom stereocenters. The molecule has 5 rings (SSSR count). The van der Waals surface area contributed by atoms with E-state index in [1.807, 2.05) is 26.4 Å². The Morgan fingerprint density at radius 1 is 1.16 bits per heavy atom. The minimum Gasteiger partial charge on any atom is -0.370 e. The number of nitrogens with one attached hydrogen (secondary N) is 1. The van der Waals surface area contributed by atoms with Crippen molar-refractivity contribution in [3.63, 3.8) is 0 Å². The zero-order chi connectivity index (χ0) is 25.9. The average molecular weight is 515 g/mol. The molecule has 0 amide bonds. The molecule has 0 unspecified atom stereocenters. The van der Waals surface area contributed by atoms with Crippen LogP contribution < -0.4 is 5.32 Å². The number of carbonyl (C=O) groups is 1. The summed E-state index contributed by atoms with van der Waals surface area (Å²) in [6.07, 6.45) is 5.49. The number of hydrogen-bond acceptors (Lipinski definition) is 7. The predicted molar refractivity (Wildman–Crippen MR) is 151 cm³/mol. The van der Waals surface area contributed by atoms with Crippen LogP contribution in [0.5, 0.6) is 0 Å². The van der Waals surface area contributed by atoms with Crippen molar-refractivity contribution in [1.82, 2.24) is 24.6 Å². The molecule has 1 N–H and O–H groups in total. The summed E-state index contributed by atoms with van der Waals surface area (Å²) in [5, 5.41) is 9.33. The number of para-hydroxylation sites is 1. The third kappa shape index (κ3) is 5.36. The number of ketones is 1. The molecule has 1 aliphatic rings. The van der Waals surface area contributed by atoms with E-state index in [0.29, 0.717) is 12.8 Å². The van der Waals surface area contributed by atoms with E-state index < -0.39 is 0 Å². The highest BCUT2D eigenvalue weighted by Crippen LogP contribution is 2.43. The molecule has 3 heterocycles. The van der Waals surface area contributed by atoms with E-state index in [0.717, 1.165) is 82.0 Å². The number of fused-ring (bicyclic) bond motifs is 3. The molecule has 0 fully saturated rings. The van der Waals surface area contributed by atoms with E-state index in [1.165, 1.54) is 5.56 Å². The number of thiazole rings is 1. The van der Waals surface area contributed by atoms with Gasteiger partial charge in [0.25, 0.3) is 0 Å². The summed E-state index contributed by atoms with van der Waals surface area (Å²) in [5.41, 5.74) is 7.60. The first kappa shape index (κ1) is 25.3. The Balaban J connectivity index is 1.54. The van der Waals surface area contributed by atoms with Crippen LogP contribution in [0.1, 0.15) is 41.6 Å². The molecule has 0 saturated heterocycles. The summed E-state index contributed by atoms with van der Waals surface area (Å²) in [6, 6.07) is 12.4. The summed E-state index contributed by atoms with van der Waals surface area (Å²) >= 11 is 1.65. The SMILES string of the molecule is CCNc1ccc(-c2nn(-c3ccccc3C)c3c2CCc2nc(CC(=O)CCCN(C)C)sc2-3)cn1. The second kappa shape index (κ2) is 10.9. The van der Waals surface area contributed by atoms with Crippen LogP contribution in [0.2, 0.25) is 0 Å². The number of hydrogen-bond donors (Lipinski definition) is 1. The smallest absolute Gasteiger partial charge is 0.139 e. The standard InChI is InChI=1S/C29H34N6OS/c1-5-30-25-15-12-20(18-31-25)27-22-13-14-23-29(28(22)35(33-27)24-11-7-6-9-19(24)2)37-26(32-23)17-21(36)10-8-16-34(3)4/h6-7,9,11-12,15,18H,5,8,10,13-14,16-17H2,1-4H3,(H,30,31). The van der Waals surface area contributed by atoms with Gasteiger partial charge in [0.15, 0.2) is 0 Å². The number of rotatable bonds is 10. The van der Waals surface area contributed by atoms with Gasteiger partial charge < -0.3 is 10.2 Å². The summed E-state index contributed by atoms with van der Waals surface area (Å²) in [7, 11) is 4.07. The van der Waals surface area contributed by atoms with Crippen molar-refractivity contribution in [1.29, 1.82) is 0 Å². The highest BCUT2D eigenvalue weighted by Gasteiger charge is 2.30. The largest absolute Gasteiger partial charge is 0.370 e. The Hall–Kier alpha value is -3.36. The van der Waals surface area contributed by atoms with Crippen LogP contribution in [-0.4, -0.2) is 57.6 Å². The molecule has 0 radical (unpaired) electrons. The normalized spacial score (nSPS) is 12.5. The highest BCUT2D eigenvalue weighted by atomic mass is 32.1. The van der Waals surface area contributed by atoms with Gasteiger partial charge in [0.2, 0.25) is 0 Å². The van der Waals surface area contributed by atoms with E-state index in [4.69, 9.17) is 10.1 Å². The second-order valence-electron chi connectivity index (χ2n) is 9.84. The Kier molecular flexibility index (Phi) is 7.48. The molecule has 4 aromatic rings. The van der Waals surface area contributed by atoms with Crippen molar-refractivity contribution < 1.29 is 4.79 Å². The van der Waals surface area contributed by atoms with Crippen LogP contribution in [-0.2, 0) is 24.1 Å². The Bertz CT molecular complexity index is 1400. The van der Waals surface area contributed by atoms with E-state index in [1.54, 1.807) is 11.3 Å². The van der Waals surface area contributed by atoms with Gasteiger partial charge in [-0.15, -0.1) is 11.3 Å². The molecule has 8 heteroatoms. The zero-order valence-electron chi connectivity index (χ0n) is 22.0. The third-order valence-corrected chi connectivity index (χ3v) is 7.80. The van der Waals surface area contributed by atoms with Gasteiger partial charge in [-0.2, -0.15) is 5.10 Å². The molecule has 7 nitrogen and oxygen atoms in total. The fourth-order valence-corrected chi connectivity index (χ4v) is 6.07. The lowest BCUT2D eigenvalue weighted by Crippen LogP contribution is -2.14. The number of anilines is 1. The first-order valence-corrected chi connectivity index (χ1v) is 13.8. The van der Waals surface area contributed by atoms with Crippen LogP contribution in [0, 0.1) is 6.92 Å². The van der Waals surface area contributed by atoms with E-state index in [2.05, 4.69) is 64.1 Å². The van der Waals surface area contributed by atoms with Gasteiger partial charge in [-0.25, -0.2) is 14.6 Å². The van der Waals surface area contributed by atoms with Gasteiger partial charge in [0.1, 0.15) is 16.6 Å². The van der Waals surface area contributed by atoms with Crippen molar-refractivity contribution in [2.75, 3.05) is 32.5 Å². The maximum atomic E-state index is 12.7. The topological polar surface area (TPSA) is 75.9 Å². The number of nitrogens with zero attached hydrogens (tertiary/aromatic N) is 5. The fourth-order valence-electron chi connectivity index (χ4n) is 4.87. The van der Waals surface area contributed by atoms with Gasteiger partial charge in [-0.3, -0.25) is 4.79 Å². The van der Waals surface area contributed by atoms with E-state index in [9.17, 15) is 4.79 Å². The van der Waals surface area contributed by atoms with Crippen molar-refractivity contribution in [3.05, 3.63) is 64.4 Å². The minimum absolute atomic E-state index is 0.258. The predicted octanol–water partition coefficient (Wildman–Crippen LogP) is 5.35. The lowest BCUT2D eigenvalue weighted by Gasteiger charge is -2.15. The van der Waals surface area contributed by atoms with Crippen LogP contribution in [0.25, 0.3) is 27.5 Å². The quantitative estimate of drug-likeness (QED) is 0.307. The summed E-state index contributed by atoms with van der Waals surface area (Å²) < 4.78 is 2.08. The number of aromatic nitrogens is 4. The third-order valence-electron chi connectivity index (χ3n) is 6.70. The maximum Gasteiger partial charge on any atom is 0.139 e. The molecule has 37 heavy (non-hydrogen) atoms. The lowest BCUT2D eigenvalue weighted by molar-refractivity contribution is -0.118. The Morgan fingerprint density at radius 3 is 2.73 bits per heavy atom. The van der Waals surface area contributed by atoms with Crippen LogP contribution in [0.15, 0.2) is 42.6 Å². The summed E-state index contributed by atoms with van der Waals surface area (Å²) in [4.78, 5) is 25.4. The van der Waals surface area contributed by atoms with Crippen molar-refractivity contribution in [3.8, 4) is 27.5 Å². The summed E-state index contributed by atoms with van der Waals surface area (Å²) in [5.74, 6) is 1.12. The van der Waals surface area contributed by atoms with Gasteiger partial charge in [0.05, 0.1) is 34.1 Å².